The second-order valence-electron chi connectivity index (χ2n) is 9.34. The third-order valence-corrected chi connectivity index (χ3v) is 8.45. The average Bonchev–Trinajstić information content (AvgIpc) is 3.40. The van der Waals surface area contributed by atoms with Crippen LogP contribution >= 0.6 is 15.9 Å². The summed E-state index contributed by atoms with van der Waals surface area (Å²) in [6.07, 6.45) is 1.32. The maximum Gasteiger partial charge on any atom is 0.516 e. The SMILES string of the molecule is CCCc1nc2c(n1Cc1ccc3oc(-c4ccccc4NS(=O)(=O)C(F)(F)F)c(Br)c3c1)C(=O)NCC(=O)N2C. The summed E-state index contributed by atoms with van der Waals surface area (Å²) in [5.41, 5.74) is -4.30. The smallest absolute Gasteiger partial charge is 0.455 e. The van der Waals surface area contributed by atoms with Gasteiger partial charge in [0.15, 0.2) is 17.3 Å². The monoisotopic (exact) mass is 653 g/mol. The van der Waals surface area contributed by atoms with Crippen LogP contribution in [0.1, 0.15) is 35.2 Å². The Hall–Kier alpha value is -3.85. The van der Waals surface area contributed by atoms with Gasteiger partial charge in [0.05, 0.1) is 16.7 Å². The van der Waals surface area contributed by atoms with Crippen LogP contribution in [0.4, 0.5) is 24.7 Å². The lowest BCUT2D eigenvalue weighted by Crippen LogP contribution is -2.34. The molecule has 1 aliphatic rings. The molecule has 0 atom stereocenters. The van der Waals surface area contributed by atoms with Crippen molar-refractivity contribution < 1.29 is 35.6 Å². The molecule has 2 aromatic carbocycles. The highest BCUT2D eigenvalue weighted by Crippen LogP contribution is 2.42. The second-order valence-corrected chi connectivity index (χ2v) is 11.8. The molecule has 5 rings (SSSR count). The summed E-state index contributed by atoms with van der Waals surface area (Å²) in [4.78, 5) is 31.3. The van der Waals surface area contributed by atoms with E-state index in [9.17, 15) is 31.2 Å². The maximum atomic E-state index is 13.0. The molecule has 1 aliphatic heterocycles. The molecule has 3 heterocycles. The number of furan rings is 1. The van der Waals surface area contributed by atoms with Crippen LogP contribution in [-0.2, 0) is 27.8 Å². The van der Waals surface area contributed by atoms with Gasteiger partial charge in [-0.2, -0.15) is 21.6 Å². The number of halogens is 4. The summed E-state index contributed by atoms with van der Waals surface area (Å²) in [6, 6.07) is 10.8. The first-order chi connectivity index (χ1) is 19.3. The number of para-hydroxylation sites is 1. The number of imidazole rings is 1. The first-order valence-corrected chi connectivity index (χ1v) is 14.6. The number of amides is 2. The molecule has 2 N–H and O–H groups in total. The Labute approximate surface area is 240 Å². The predicted octanol–water partition coefficient (Wildman–Crippen LogP) is 5.03. The molecule has 0 aliphatic carbocycles. The lowest BCUT2D eigenvalue weighted by molar-refractivity contribution is -0.117. The number of aromatic nitrogens is 2. The number of hydrogen-bond acceptors (Lipinski definition) is 6. The van der Waals surface area contributed by atoms with Crippen molar-refractivity contribution in [1.29, 1.82) is 0 Å². The molecular weight excluding hydrogens is 631 g/mol. The van der Waals surface area contributed by atoms with E-state index in [-0.39, 0.29) is 47.5 Å². The van der Waals surface area contributed by atoms with Crippen LogP contribution in [0.25, 0.3) is 22.3 Å². The van der Waals surface area contributed by atoms with E-state index in [0.29, 0.717) is 27.7 Å². The van der Waals surface area contributed by atoms with E-state index in [1.165, 1.54) is 23.1 Å². The van der Waals surface area contributed by atoms with Gasteiger partial charge in [0.1, 0.15) is 11.4 Å². The predicted molar refractivity (Wildman–Crippen MR) is 149 cm³/mol. The minimum absolute atomic E-state index is 0.0967. The molecular formula is C26H23BrF3N5O5S. The zero-order valence-corrected chi connectivity index (χ0v) is 24.1. The third kappa shape index (κ3) is 5.19. The van der Waals surface area contributed by atoms with Crippen molar-refractivity contribution in [3.8, 4) is 11.3 Å². The van der Waals surface area contributed by atoms with Crippen molar-refractivity contribution in [2.24, 2.45) is 0 Å². The van der Waals surface area contributed by atoms with E-state index in [0.717, 1.165) is 12.0 Å². The van der Waals surface area contributed by atoms with Gasteiger partial charge in [-0.05, 0) is 52.2 Å². The Morgan fingerprint density at radius 1 is 1.17 bits per heavy atom. The van der Waals surface area contributed by atoms with Gasteiger partial charge in [-0.25, -0.2) is 4.98 Å². The number of carbonyl (C=O) groups is 2. The van der Waals surface area contributed by atoms with E-state index < -0.39 is 21.4 Å². The van der Waals surface area contributed by atoms with E-state index in [2.05, 4.69) is 26.2 Å². The van der Waals surface area contributed by atoms with Crippen LogP contribution in [0, 0.1) is 0 Å². The molecule has 2 aromatic heterocycles. The Morgan fingerprint density at radius 2 is 1.90 bits per heavy atom. The van der Waals surface area contributed by atoms with Crippen LogP contribution in [0.15, 0.2) is 51.4 Å². The van der Waals surface area contributed by atoms with Crippen LogP contribution < -0.4 is 14.9 Å². The molecule has 0 saturated heterocycles. The van der Waals surface area contributed by atoms with Crippen molar-refractivity contribution in [2.45, 2.75) is 31.8 Å². The van der Waals surface area contributed by atoms with Crippen LogP contribution in [0.3, 0.4) is 0 Å². The van der Waals surface area contributed by atoms with Crippen LogP contribution in [-0.4, -0.2) is 48.9 Å². The number of likely N-dealkylation sites (N-methyl/N-ethyl adjacent to an activating group) is 1. The number of carbonyl (C=O) groups excluding carboxylic acids is 2. The van der Waals surface area contributed by atoms with E-state index in [1.54, 1.807) is 40.6 Å². The molecule has 0 unspecified atom stereocenters. The van der Waals surface area contributed by atoms with Gasteiger partial charge in [-0.15, -0.1) is 0 Å². The summed E-state index contributed by atoms with van der Waals surface area (Å²) < 4.78 is 72.4. The van der Waals surface area contributed by atoms with Crippen molar-refractivity contribution in [3.63, 3.8) is 0 Å². The fourth-order valence-electron chi connectivity index (χ4n) is 4.55. The Morgan fingerprint density at radius 3 is 2.61 bits per heavy atom. The zero-order valence-electron chi connectivity index (χ0n) is 21.7. The zero-order chi connectivity index (χ0) is 29.7. The topological polar surface area (TPSA) is 127 Å². The summed E-state index contributed by atoms with van der Waals surface area (Å²) in [5, 5.41) is 3.20. The fraction of sp³-hybridized carbons (Fsp3) is 0.269. The molecule has 0 fully saturated rings. The molecule has 0 spiro atoms. The van der Waals surface area contributed by atoms with E-state index in [4.69, 9.17) is 4.42 Å². The number of benzene rings is 2. The standard InChI is InChI=1S/C26H23BrF3N5O5S/c1-3-6-19-32-24-22(25(37)31-12-20(36)34(24)2)35(19)13-14-9-10-18-16(11-14)21(27)23(40-18)15-7-4-5-8-17(15)33-41(38,39)26(28,29)30/h4-5,7-11,33H,3,6,12-13H2,1-2H3,(H,31,37). The number of sulfonamides is 1. The number of rotatable bonds is 7. The number of alkyl halides is 3. The molecule has 41 heavy (non-hydrogen) atoms. The minimum Gasteiger partial charge on any atom is -0.455 e. The third-order valence-electron chi connectivity index (χ3n) is 6.56. The Balaban J connectivity index is 1.56. The van der Waals surface area contributed by atoms with E-state index >= 15 is 0 Å². The molecule has 0 saturated carbocycles. The summed E-state index contributed by atoms with van der Waals surface area (Å²) in [5.74, 6) is 0.323. The van der Waals surface area contributed by atoms with E-state index in [1.807, 2.05) is 6.92 Å². The van der Waals surface area contributed by atoms with Gasteiger partial charge >= 0.3 is 15.5 Å². The number of aryl methyl sites for hydroxylation is 1. The molecule has 2 amide bonds. The van der Waals surface area contributed by atoms with Gasteiger partial charge in [-0.3, -0.25) is 19.2 Å². The highest BCUT2D eigenvalue weighted by molar-refractivity contribution is 9.10. The molecule has 216 valence electrons. The van der Waals surface area contributed by atoms with Gasteiger partial charge in [0, 0.05) is 31.0 Å². The van der Waals surface area contributed by atoms with Gasteiger partial charge in [0.2, 0.25) is 5.91 Å². The average molecular weight is 654 g/mol. The minimum atomic E-state index is -5.66. The van der Waals surface area contributed by atoms with Crippen LogP contribution in [0.5, 0.6) is 0 Å². The van der Waals surface area contributed by atoms with Gasteiger partial charge < -0.3 is 14.3 Å². The highest BCUT2D eigenvalue weighted by atomic mass is 79.9. The number of anilines is 2. The van der Waals surface area contributed by atoms with Crippen LogP contribution in [0.2, 0.25) is 0 Å². The lowest BCUT2D eigenvalue weighted by atomic mass is 10.1. The van der Waals surface area contributed by atoms with Gasteiger partial charge in [0.25, 0.3) is 5.91 Å². The molecule has 0 bridgehead atoms. The van der Waals surface area contributed by atoms with Crippen molar-refractivity contribution >= 4 is 60.2 Å². The molecule has 15 heteroatoms. The Bertz CT molecular complexity index is 1800. The summed E-state index contributed by atoms with van der Waals surface area (Å²) in [7, 11) is -4.10. The van der Waals surface area contributed by atoms with Crippen molar-refractivity contribution in [2.75, 3.05) is 23.2 Å². The number of nitrogens with one attached hydrogen (secondary N) is 2. The van der Waals surface area contributed by atoms with Gasteiger partial charge in [-0.1, -0.05) is 25.1 Å². The Kier molecular flexibility index (Phi) is 7.36. The van der Waals surface area contributed by atoms with Crippen molar-refractivity contribution in [3.05, 3.63) is 64.0 Å². The molecule has 4 aromatic rings. The normalized spacial score (nSPS) is 14.2. The van der Waals surface area contributed by atoms with Crippen molar-refractivity contribution in [1.82, 2.24) is 14.9 Å². The highest BCUT2D eigenvalue weighted by Gasteiger charge is 2.46. The molecule has 0 radical (unpaired) electrons. The maximum absolute atomic E-state index is 13.0. The quantitative estimate of drug-likeness (QED) is 0.288. The number of hydrogen-bond donors (Lipinski definition) is 2. The summed E-state index contributed by atoms with van der Waals surface area (Å²) >= 11 is 3.47. The summed E-state index contributed by atoms with van der Waals surface area (Å²) in [6.45, 7) is 2.06. The first kappa shape index (κ1) is 28.7. The fourth-order valence-corrected chi connectivity index (χ4v) is 5.73. The molecule has 10 nitrogen and oxygen atoms in total. The first-order valence-electron chi connectivity index (χ1n) is 12.4. The number of nitrogens with zero attached hydrogens (tertiary/aromatic N) is 3. The lowest BCUT2D eigenvalue weighted by Gasteiger charge is -2.13. The second kappa shape index (κ2) is 10.5. The number of fused-ring (bicyclic) bond motifs is 2. The largest absolute Gasteiger partial charge is 0.516 e.